The zero-order valence-corrected chi connectivity index (χ0v) is 13.8. The molecule has 0 amide bonds. The van der Waals surface area contributed by atoms with Gasteiger partial charge in [0.25, 0.3) is 0 Å². The zero-order chi connectivity index (χ0) is 14.4. The lowest BCUT2D eigenvalue weighted by molar-refractivity contribution is 0.772. The molecule has 0 radical (unpaired) electrons. The van der Waals surface area contributed by atoms with Crippen LogP contribution in [-0.4, -0.2) is 21.1 Å². The van der Waals surface area contributed by atoms with E-state index in [0.717, 1.165) is 32.9 Å². The molecule has 2 aromatic heterocycles. The lowest BCUT2D eigenvalue weighted by Crippen LogP contribution is -2.02. The third kappa shape index (κ3) is 2.41. The molecule has 4 nitrogen and oxygen atoms in total. The minimum Gasteiger partial charge on any atom is -0.330 e. The Morgan fingerprint density at radius 2 is 2.19 bits per heavy atom. The number of aromatic nitrogens is 3. The highest BCUT2D eigenvalue weighted by atomic mass is 79.9. The number of nitrogens with zero attached hydrogens (tertiary/aromatic N) is 3. The van der Waals surface area contributed by atoms with Crippen LogP contribution in [0.4, 0.5) is 0 Å². The van der Waals surface area contributed by atoms with Gasteiger partial charge in [0.05, 0.1) is 16.0 Å². The number of halogens is 1. The summed E-state index contributed by atoms with van der Waals surface area (Å²) in [5, 5.41) is 3.18. The van der Waals surface area contributed by atoms with Crippen LogP contribution in [0, 0.1) is 0 Å². The highest BCUT2D eigenvalue weighted by Gasteiger charge is 2.29. The van der Waals surface area contributed by atoms with E-state index >= 15 is 0 Å². The predicted octanol–water partition coefficient (Wildman–Crippen LogP) is 3.76. The molecule has 1 aliphatic rings. The number of hydrogen-bond donors (Lipinski definition) is 1. The fourth-order valence-corrected chi connectivity index (χ4v) is 3.75. The summed E-state index contributed by atoms with van der Waals surface area (Å²) < 4.78 is 3.41. The van der Waals surface area contributed by atoms with Gasteiger partial charge in [-0.05, 0) is 37.6 Å². The Morgan fingerprint density at radius 1 is 1.33 bits per heavy atom. The van der Waals surface area contributed by atoms with Gasteiger partial charge in [-0.3, -0.25) is 0 Å². The largest absolute Gasteiger partial charge is 0.330 e. The maximum absolute atomic E-state index is 5.62. The number of fused-ring (bicyclic) bond motifs is 1. The first-order chi connectivity index (χ1) is 10.3. The van der Waals surface area contributed by atoms with Crippen molar-refractivity contribution in [3.63, 3.8) is 0 Å². The lowest BCUT2D eigenvalue weighted by atomic mass is 10.3. The van der Waals surface area contributed by atoms with Crippen molar-refractivity contribution < 1.29 is 0 Å². The van der Waals surface area contributed by atoms with E-state index in [1.54, 1.807) is 11.3 Å². The molecule has 1 aliphatic carbocycles. The molecule has 3 aromatic rings. The molecule has 1 aromatic carbocycles. The van der Waals surface area contributed by atoms with Crippen LogP contribution in [-0.2, 0) is 6.42 Å². The molecule has 0 aliphatic heterocycles. The Hall–Kier alpha value is -1.24. The molecule has 0 spiro atoms. The summed E-state index contributed by atoms with van der Waals surface area (Å²) in [7, 11) is 0. The van der Waals surface area contributed by atoms with E-state index in [9.17, 15) is 0 Å². The van der Waals surface area contributed by atoms with Gasteiger partial charge in [0.1, 0.15) is 5.69 Å². The summed E-state index contributed by atoms with van der Waals surface area (Å²) in [5.41, 5.74) is 8.82. The molecular weight excluding hydrogens is 348 g/mol. The van der Waals surface area contributed by atoms with Crippen LogP contribution < -0.4 is 5.73 Å². The van der Waals surface area contributed by atoms with Crippen LogP contribution >= 0.6 is 27.3 Å². The van der Waals surface area contributed by atoms with E-state index in [4.69, 9.17) is 15.7 Å². The number of rotatable bonds is 4. The molecule has 4 rings (SSSR count). The van der Waals surface area contributed by atoms with Crippen LogP contribution in [0.15, 0.2) is 28.1 Å². The highest BCUT2D eigenvalue weighted by Crippen LogP contribution is 2.41. The van der Waals surface area contributed by atoms with Gasteiger partial charge in [-0.1, -0.05) is 15.9 Å². The van der Waals surface area contributed by atoms with Crippen LogP contribution in [0.1, 0.15) is 23.9 Å². The van der Waals surface area contributed by atoms with Gasteiger partial charge < -0.3 is 10.3 Å². The molecule has 0 saturated heterocycles. The van der Waals surface area contributed by atoms with Crippen LogP contribution in [0.2, 0.25) is 0 Å². The van der Waals surface area contributed by atoms with Gasteiger partial charge in [-0.15, -0.1) is 11.3 Å². The van der Waals surface area contributed by atoms with Crippen molar-refractivity contribution in [2.75, 3.05) is 6.54 Å². The van der Waals surface area contributed by atoms with E-state index in [0.29, 0.717) is 12.6 Å². The average Bonchev–Trinajstić information content (AvgIpc) is 3.08. The monoisotopic (exact) mass is 362 g/mol. The molecule has 1 saturated carbocycles. The van der Waals surface area contributed by atoms with Gasteiger partial charge in [-0.2, -0.15) is 0 Å². The summed E-state index contributed by atoms with van der Waals surface area (Å²) >= 11 is 5.19. The summed E-state index contributed by atoms with van der Waals surface area (Å²) in [6.07, 6.45) is 3.29. The van der Waals surface area contributed by atoms with Crippen molar-refractivity contribution in [2.24, 2.45) is 5.73 Å². The Bertz CT molecular complexity index is 803. The number of thiazole rings is 1. The van der Waals surface area contributed by atoms with Crippen LogP contribution in [0.5, 0.6) is 0 Å². The third-order valence-electron chi connectivity index (χ3n) is 3.70. The average molecular weight is 363 g/mol. The van der Waals surface area contributed by atoms with Crippen molar-refractivity contribution in [3.8, 4) is 11.5 Å². The normalized spacial score (nSPS) is 15.0. The van der Waals surface area contributed by atoms with Gasteiger partial charge >= 0.3 is 0 Å². The van der Waals surface area contributed by atoms with E-state index in [-0.39, 0.29) is 0 Å². The molecule has 1 fully saturated rings. The van der Waals surface area contributed by atoms with Crippen molar-refractivity contribution in [1.82, 2.24) is 14.5 Å². The van der Waals surface area contributed by atoms with E-state index in [1.165, 1.54) is 18.4 Å². The van der Waals surface area contributed by atoms with Gasteiger partial charge in [-0.25, -0.2) is 9.97 Å². The fourth-order valence-electron chi connectivity index (χ4n) is 2.61. The van der Waals surface area contributed by atoms with Gasteiger partial charge in [0, 0.05) is 22.3 Å². The second kappa shape index (κ2) is 5.19. The predicted molar refractivity (Wildman–Crippen MR) is 89.6 cm³/mol. The van der Waals surface area contributed by atoms with E-state index in [2.05, 4.69) is 44.1 Å². The van der Waals surface area contributed by atoms with E-state index in [1.807, 2.05) is 0 Å². The first-order valence-electron chi connectivity index (χ1n) is 7.08. The second-order valence-electron chi connectivity index (χ2n) is 5.33. The second-order valence-corrected chi connectivity index (χ2v) is 7.19. The summed E-state index contributed by atoms with van der Waals surface area (Å²) in [5.74, 6) is 0.991. The molecule has 2 N–H and O–H groups in total. The van der Waals surface area contributed by atoms with Crippen molar-refractivity contribution >= 4 is 38.3 Å². The maximum atomic E-state index is 5.62. The topological polar surface area (TPSA) is 56.7 Å². The molecule has 0 atom stereocenters. The first kappa shape index (κ1) is 13.4. The fraction of sp³-hybridized carbons (Fsp3) is 0.333. The quantitative estimate of drug-likeness (QED) is 0.768. The number of nitrogens with two attached hydrogens (primary N) is 1. The highest BCUT2D eigenvalue weighted by molar-refractivity contribution is 9.10. The zero-order valence-electron chi connectivity index (χ0n) is 11.4. The van der Waals surface area contributed by atoms with Gasteiger partial charge in [0.15, 0.2) is 5.82 Å². The Kier molecular flexibility index (Phi) is 3.32. The third-order valence-corrected chi connectivity index (χ3v) is 5.10. The molecule has 21 heavy (non-hydrogen) atoms. The van der Waals surface area contributed by atoms with Gasteiger partial charge in [0.2, 0.25) is 0 Å². The minimum absolute atomic E-state index is 0.575. The first-order valence-corrected chi connectivity index (χ1v) is 8.76. The molecule has 108 valence electrons. The van der Waals surface area contributed by atoms with Crippen molar-refractivity contribution in [3.05, 3.63) is 33.1 Å². The Labute approximate surface area is 135 Å². The molecular formula is C15H15BrN4S. The number of imidazole rings is 1. The molecule has 6 heteroatoms. The van der Waals surface area contributed by atoms with E-state index < -0.39 is 0 Å². The molecule has 0 unspecified atom stereocenters. The summed E-state index contributed by atoms with van der Waals surface area (Å²) in [4.78, 5) is 9.53. The summed E-state index contributed by atoms with van der Waals surface area (Å²) in [6.45, 7) is 0.638. The van der Waals surface area contributed by atoms with Crippen LogP contribution in [0.3, 0.4) is 0 Å². The van der Waals surface area contributed by atoms with Crippen molar-refractivity contribution in [1.29, 1.82) is 0 Å². The number of hydrogen-bond acceptors (Lipinski definition) is 4. The van der Waals surface area contributed by atoms with Crippen LogP contribution in [0.25, 0.3) is 22.6 Å². The maximum Gasteiger partial charge on any atom is 0.160 e. The SMILES string of the molecule is NCCc1nc(-c2nc3cc(Br)ccc3n2C2CC2)cs1. The molecule has 0 bridgehead atoms. The smallest absolute Gasteiger partial charge is 0.160 e. The minimum atomic E-state index is 0.575. The standard InChI is InChI=1S/C15H15BrN4S/c16-9-1-4-13-11(7-9)19-15(20(13)10-2-3-10)12-8-21-14(18-12)5-6-17/h1,4,7-8,10H,2-3,5-6,17H2. The Morgan fingerprint density at radius 3 is 2.95 bits per heavy atom. The lowest BCUT2D eigenvalue weighted by Gasteiger charge is -2.05. The Balaban J connectivity index is 1.88. The molecule has 2 heterocycles. The summed E-state index contributed by atoms with van der Waals surface area (Å²) in [6, 6.07) is 6.87. The number of benzene rings is 1. The van der Waals surface area contributed by atoms with Crippen molar-refractivity contribution in [2.45, 2.75) is 25.3 Å².